The van der Waals surface area contributed by atoms with Gasteiger partial charge in [0.1, 0.15) is 16.9 Å². The molecule has 1 unspecified atom stereocenters. The zero-order valence-electron chi connectivity index (χ0n) is 14.2. The quantitative estimate of drug-likeness (QED) is 0.580. The van der Waals surface area contributed by atoms with Gasteiger partial charge in [-0.05, 0) is 39.0 Å². The summed E-state index contributed by atoms with van der Waals surface area (Å²) in [6.45, 7) is 8.08. The minimum Gasteiger partial charge on any atom is -0.489 e. The zero-order chi connectivity index (χ0) is 17.4. The molecule has 0 amide bonds. The fraction of sp³-hybridized carbons (Fsp3) is 0.412. The summed E-state index contributed by atoms with van der Waals surface area (Å²) < 4.78 is 5.85. The van der Waals surface area contributed by atoms with Crippen LogP contribution in [0.4, 0.5) is 0 Å². The van der Waals surface area contributed by atoms with E-state index in [1.807, 2.05) is 51.2 Å². The van der Waals surface area contributed by atoms with Crippen molar-refractivity contribution in [1.29, 1.82) is 0 Å². The summed E-state index contributed by atoms with van der Waals surface area (Å²) in [6, 6.07) is 7.40. The molecule has 2 rings (SSSR count). The van der Waals surface area contributed by atoms with Crippen molar-refractivity contribution in [2.45, 2.75) is 33.4 Å². The number of rotatable bonds is 7. The van der Waals surface area contributed by atoms with Gasteiger partial charge >= 0.3 is 0 Å². The van der Waals surface area contributed by atoms with Crippen molar-refractivity contribution in [3.63, 3.8) is 0 Å². The van der Waals surface area contributed by atoms with Crippen LogP contribution in [-0.4, -0.2) is 30.1 Å². The van der Waals surface area contributed by atoms with E-state index in [-0.39, 0.29) is 6.10 Å². The summed E-state index contributed by atoms with van der Waals surface area (Å²) in [5, 5.41) is 8.19. The maximum atomic E-state index is 5.97. The number of ether oxygens (including phenoxy) is 1. The summed E-state index contributed by atoms with van der Waals surface area (Å²) in [6.07, 6.45) is 1.85. The zero-order valence-corrected chi connectivity index (χ0v) is 15.7. The topological polar surface area (TPSA) is 58.5 Å². The highest BCUT2D eigenvalue weighted by atomic mass is 35.5. The molecule has 1 atom stereocenters. The molecule has 0 fully saturated rings. The molecule has 0 saturated heterocycles. The number of aryl methyl sites for hydroxylation is 1. The van der Waals surface area contributed by atoms with Gasteiger partial charge in [-0.25, -0.2) is 9.98 Å². The molecule has 2 aromatic rings. The van der Waals surface area contributed by atoms with E-state index in [9.17, 15) is 0 Å². The minimum atomic E-state index is -0.0190. The lowest BCUT2D eigenvalue weighted by molar-refractivity contribution is 0.224. The highest BCUT2D eigenvalue weighted by Gasteiger charge is 2.06. The number of halogens is 1. The van der Waals surface area contributed by atoms with Gasteiger partial charge in [0.25, 0.3) is 0 Å². The Morgan fingerprint density at radius 1 is 1.42 bits per heavy atom. The molecular formula is C17H23ClN4OS. The van der Waals surface area contributed by atoms with Crippen LogP contribution in [0.3, 0.4) is 0 Å². The number of hydrogen-bond acceptors (Lipinski definition) is 4. The molecule has 0 aliphatic rings. The maximum absolute atomic E-state index is 5.97. The van der Waals surface area contributed by atoms with Crippen LogP contribution in [0.1, 0.15) is 23.7 Å². The molecule has 5 nitrogen and oxygen atoms in total. The second-order valence-electron chi connectivity index (χ2n) is 5.33. The summed E-state index contributed by atoms with van der Waals surface area (Å²) in [5.74, 6) is 1.52. The Kier molecular flexibility index (Phi) is 7.34. The van der Waals surface area contributed by atoms with Crippen LogP contribution in [0.15, 0.2) is 35.5 Å². The van der Waals surface area contributed by atoms with Crippen LogP contribution in [0, 0.1) is 6.92 Å². The molecule has 0 aliphatic heterocycles. The maximum Gasteiger partial charge on any atom is 0.191 e. The number of nitrogens with zero attached hydrogens (tertiary/aromatic N) is 2. The summed E-state index contributed by atoms with van der Waals surface area (Å²) >= 11 is 7.63. The van der Waals surface area contributed by atoms with Crippen molar-refractivity contribution in [3.05, 3.63) is 45.4 Å². The first-order valence-corrected chi connectivity index (χ1v) is 9.12. The van der Waals surface area contributed by atoms with E-state index in [4.69, 9.17) is 16.3 Å². The van der Waals surface area contributed by atoms with Crippen molar-refractivity contribution in [3.8, 4) is 5.75 Å². The standard InChI is InChI=1S/C17H23ClN4OS/c1-4-19-17(22-11-16-20-10-13(3)24-16)21-9-12(2)23-15-7-5-6-14(18)8-15/h5-8,10,12H,4,9,11H2,1-3H3,(H2,19,21,22). The molecule has 7 heteroatoms. The van der Waals surface area contributed by atoms with Crippen molar-refractivity contribution in [1.82, 2.24) is 15.6 Å². The molecule has 0 aliphatic carbocycles. The van der Waals surface area contributed by atoms with E-state index >= 15 is 0 Å². The van der Waals surface area contributed by atoms with Crippen LogP contribution < -0.4 is 15.4 Å². The van der Waals surface area contributed by atoms with Crippen LogP contribution in [-0.2, 0) is 6.54 Å². The highest BCUT2D eigenvalue weighted by Crippen LogP contribution is 2.18. The van der Waals surface area contributed by atoms with E-state index in [2.05, 4.69) is 20.6 Å². The first kappa shape index (κ1) is 18.5. The number of hydrogen-bond donors (Lipinski definition) is 2. The average molecular weight is 367 g/mol. The molecule has 0 saturated carbocycles. The molecule has 1 heterocycles. The smallest absolute Gasteiger partial charge is 0.191 e. The molecule has 0 spiro atoms. The second kappa shape index (κ2) is 9.49. The van der Waals surface area contributed by atoms with Crippen molar-refractivity contribution in [2.75, 3.05) is 13.1 Å². The monoisotopic (exact) mass is 366 g/mol. The Bertz CT molecular complexity index is 674. The lowest BCUT2D eigenvalue weighted by Gasteiger charge is -2.17. The van der Waals surface area contributed by atoms with E-state index in [0.717, 1.165) is 23.3 Å². The minimum absolute atomic E-state index is 0.0190. The van der Waals surface area contributed by atoms with Gasteiger partial charge in [-0.3, -0.25) is 0 Å². The first-order valence-electron chi connectivity index (χ1n) is 7.92. The van der Waals surface area contributed by atoms with Gasteiger partial charge in [0.2, 0.25) is 0 Å². The van der Waals surface area contributed by atoms with Gasteiger partial charge in [-0.1, -0.05) is 17.7 Å². The predicted octanol–water partition coefficient (Wildman–Crippen LogP) is 3.63. The Hall–Kier alpha value is -1.79. The van der Waals surface area contributed by atoms with Crippen molar-refractivity contribution >= 4 is 28.9 Å². The molecule has 130 valence electrons. The molecular weight excluding hydrogens is 344 g/mol. The van der Waals surface area contributed by atoms with Crippen LogP contribution in [0.25, 0.3) is 0 Å². The second-order valence-corrected chi connectivity index (χ2v) is 7.08. The van der Waals surface area contributed by atoms with Crippen molar-refractivity contribution in [2.24, 2.45) is 4.99 Å². The third-order valence-electron chi connectivity index (χ3n) is 3.08. The van der Waals surface area contributed by atoms with Gasteiger partial charge in [0.05, 0.1) is 13.1 Å². The van der Waals surface area contributed by atoms with Crippen molar-refractivity contribution < 1.29 is 4.74 Å². The summed E-state index contributed by atoms with van der Waals surface area (Å²) in [7, 11) is 0. The highest BCUT2D eigenvalue weighted by molar-refractivity contribution is 7.11. The van der Waals surface area contributed by atoms with Gasteiger partial charge in [-0.2, -0.15) is 0 Å². The van der Waals surface area contributed by atoms with Crippen LogP contribution >= 0.6 is 22.9 Å². The number of guanidine groups is 1. The summed E-state index contributed by atoms with van der Waals surface area (Å²) in [5.41, 5.74) is 0. The van der Waals surface area contributed by atoms with E-state index in [1.165, 1.54) is 4.88 Å². The fourth-order valence-electron chi connectivity index (χ4n) is 2.02. The lowest BCUT2D eigenvalue weighted by Crippen LogP contribution is -2.41. The van der Waals surface area contributed by atoms with Gasteiger partial charge in [-0.15, -0.1) is 11.3 Å². The molecule has 1 aromatic heterocycles. The SMILES string of the molecule is CCNC(=NCc1ncc(C)s1)NCC(C)Oc1cccc(Cl)c1. The van der Waals surface area contributed by atoms with Crippen LogP contribution in [0.5, 0.6) is 5.75 Å². The normalized spacial score (nSPS) is 12.8. The molecule has 0 bridgehead atoms. The number of aliphatic imine (C=N–C) groups is 1. The van der Waals surface area contributed by atoms with Gasteiger partial charge in [0.15, 0.2) is 5.96 Å². The Labute approximate surface area is 152 Å². The molecule has 2 N–H and O–H groups in total. The predicted molar refractivity (Wildman–Crippen MR) is 101 cm³/mol. The largest absolute Gasteiger partial charge is 0.489 e. The third kappa shape index (κ3) is 6.37. The summed E-state index contributed by atoms with van der Waals surface area (Å²) in [4.78, 5) is 10.1. The van der Waals surface area contributed by atoms with E-state index < -0.39 is 0 Å². The molecule has 0 radical (unpaired) electrons. The number of thiazole rings is 1. The molecule has 1 aromatic carbocycles. The number of aromatic nitrogens is 1. The average Bonchev–Trinajstić information content (AvgIpc) is 2.95. The molecule has 24 heavy (non-hydrogen) atoms. The van der Waals surface area contributed by atoms with Gasteiger partial charge in [0, 0.05) is 22.6 Å². The van der Waals surface area contributed by atoms with E-state index in [0.29, 0.717) is 18.1 Å². The lowest BCUT2D eigenvalue weighted by atomic mass is 10.3. The Balaban J connectivity index is 1.85. The third-order valence-corrected chi connectivity index (χ3v) is 4.21. The fourth-order valence-corrected chi connectivity index (χ4v) is 2.91. The van der Waals surface area contributed by atoms with E-state index in [1.54, 1.807) is 11.3 Å². The number of benzene rings is 1. The first-order chi connectivity index (χ1) is 11.6. The van der Waals surface area contributed by atoms with Gasteiger partial charge < -0.3 is 15.4 Å². The van der Waals surface area contributed by atoms with Crippen LogP contribution in [0.2, 0.25) is 5.02 Å². The Morgan fingerprint density at radius 3 is 2.92 bits per heavy atom. The number of nitrogens with one attached hydrogen (secondary N) is 2. The Morgan fingerprint density at radius 2 is 2.25 bits per heavy atom.